The lowest BCUT2D eigenvalue weighted by molar-refractivity contribution is 0.159. The van der Waals surface area contributed by atoms with Gasteiger partial charge in [0.15, 0.2) is 5.76 Å². The third kappa shape index (κ3) is 3.67. The number of hydrogen-bond acceptors (Lipinski definition) is 5. The number of likely N-dealkylation sites (N-methyl/N-ethyl adjacent to an activating group) is 1. The molecule has 0 aliphatic carbocycles. The Bertz CT molecular complexity index is 1100. The van der Waals surface area contributed by atoms with E-state index in [9.17, 15) is 0 Å². The highest BCUT2D eigenvalue weighted by molar-refractivity contribution is 5.90. The molecule has 3 heterocycles. The molecule has 1 aliphatic heterocycles. The lowest BCUT2D eigenvalue weighted by Crippen LogP contribution is -2.41. The maximum absolute atomic E-state index is 6.09. The van der Waals surface area contributed by atoms with Crippen LogP contribution in [-0.4, -0.2) is 59.1 Å². The summed E-state index contributed by atoms with van der Waals surface area (Å²) in [4.78, 5) is 2.32. The number of benzene rings is 2. The van der Waals surface area contributed by atoms with Gasteiger partial charge in [-0.15, -0.1) is 0 Å². The van der Waals surface area contributed by atoms with Gasteiger partial charge < -0.3 is 9.32 Å². The summed E-state index contributed by atoms with van der Waals surface area (Å²) in [7, 11) is 2.14. The zero-order chi connectivity index (χ0) is 19.6. The van der Waals surface area contributed by atoms with Crippen molar-refractivity contribution in [1.82, 2.24) is 19.7 Å². The van der Waals surface area contributed by atoms with Crippen LogP contribution in [0.4, 0.5) is 0 Å². The first kappa shape index (κ1) is 17.7. The minimum absolute atomic E-state index is 0.751. The van der Waals surface area contributed by atoms with Gasteiger partial charge in [0, 0.05) is 43.3 Å². The molecule has 4 aromatic rings. The second-order valence-corrected chi connectivity index (χ2v) is 7.36. The zero-order valence-corrected chi connectivity index (χ0v) is 16.4. The number of piperazine rings is 1. The Labute approximate surface area is 169 Å². The lowest BCUT2D eigenvalue weighted by atomic mass is 10.2. The van der Waals surface area contributed by atoms with Gasteiger partial charge in [-0.05, 0) is 31.3 Å². The Kier molecular flexibility index (Phi) is 4.62. The van der Waals surface area contributed by atoms with Crippen molar-refractivity contribution in [3.8, 4) is 17.1 Å². The van der Waals surface area contributed by atoms with E-state index in [2.05, 4.69) is 23.0 Å². The number of nitrogens with zero attached hydrogens (tertiary/aromatic N) is 5. The molecule has 1 fully saturated rings. The summed E-state index contributed by atoms with van der Waals surface area (Å²) in [6.45, 7) is 3.91. The molecule has 2 aromatic heterocycles. The summed E-state index contributed by atoms with van der Waals surface area (Å²) in [5.74, 6) is 0.751. The molecule has 0 unspecified atom stereocenters. The molecule has 0 N–H and O–H groups in total. The number of furan rings is 1. The highest BCUT2D eigenvalue weighted by atomic mass is 16.3. The second kappa shape index (κ2) is 7.56. The first-order valence-electron chi connectivity index (χ1n) is 9.88. The van der Waals surface area contributed by atoms with Gasteiger partial charge in [0.1, 0.15) is 11.3 Å². The van der Waals surface area contributed by atoms with Gasteiger partial charge in [0.2, 0.25) is 0 Å². The van der Waals surface area contributed by atoms with E-state index in [1.54, 1.807) is 0 Å². The summed E-state index contributed by atoms with van der Waals surface area (Å²) in [5.41, 5.74) is 3.59. The summed E-state index contributed by atoms with van der Waals surface area (Å²) >= 11 is 0. The third-order valence-corrected chi connectivity index (χ3v) is 5.26. The van der Waals surface area contributed by atoms with Crippen molar-refractivity contribution >= 4 is 17.2 Å². The molecule has 146 valence electrons. The largest absolute Gasteiger partial charge is 0.454 e. The summed E-state index contributed by atoms with van der Waals surface area (Å²) in [5, 5.41) is 12.7. The Balaban J connectivity index is 1.54. The molecule has 2 aromatic carbocycles. The van der Waals surface area contributed by atoms with Crippen molar-refractivity contribution in [2.24, 2.45) is 5.10 Å². The minimum atomic E-state index is 0.751. The van der Waals surface area contributed by atoms with E-state index in [4.69, 9.17) is 14.6 Å². The number of para-hydroxylation sites is 2. The van der Waals surface area contributed by atoms with Crippen LogP contribution in [0.15, 0.2) is 76.4 Å². The van der Waals surface area contributed by atoms with Crippen LogP contribution in [-0.2, 0) is 0 Å². The third-order valence-electron chi connectivity index (χ3n) is 5.26. The highest BCUT2D eigenvalue weighted by Crippen LogP contribution is 2.29. The van der Waals surface area contributed by atoms with Crippen LogP contribution < -0.4 is 0 Å². The van der Waals surface area contributed by atoms with Gasteiger partial charge in [-0.1, -0.05) is 36.4 Å². The molecule has 1 saturated heterocycles. The molecule has 0 radical (unpaired) electrons. The van der Waals surface area contributed by atoms with Crippen molar-refractivity contribution in [2.75, 3.05) is 33.2 Å². The van der Waals surface area contributed by atoms with Crippen LogP contribution >= 0.6 is 0 Å². The molecule has 6 heteroatoms. The first-order chi connectivity index (χ1) is 14.3. The van der Waals surface area contributed by atoms with Crippen LogP contribution in [0.5, 0.6) is 0 Å². The van der Waals surface area contributed by atoms with Gasteiger partial charge >= 0.3 is 0 Å². The van der Waals surface area contributed by atoms with Gasteiger partial charge in [0.05, 0.1) is 11.9 Å². The van der Waals surface area contributed by atoms with E-state index in [0.29, 0.717) is 0 Å². The maximum atomic E-state index is 6.09. The second-order valence-electron chi connectivity index (χ2n) is 7.36. The summed E-state index contributed by atoms with van der Waals surface area (Å²) in [6.07, 6.45) is 3.91. The number of aromatic nitrogens is 2. The fourth-order valence-corrected chi connectivity index (χ4v) is 3.54. The number of hydrazone groups is 1. The van der Waals surface area contributed by atoms with E-state index < -0.39 is 0 Å². The quantitative estimate of drug-likeness (QED) is 0.501. The Hall–Kier alpha value is -3.38. The van der Waals surface area contributed by atoms with Gasteiger partial charge in [-0.3, -0.25) is 5.01 Å². The normalized spacial score (nSPS) is 15.6. The Morgan fingerprint density at radius 1 is 0.966 bits per heavy atom. The minimum Gasteiger partial charge on any atom is -0.454 e. The lowest BCUT2D eigenvalue weighted by Gasteiger charge is -2.30. The average molecular weight is 385 g/mol. The topological polar surface area (TPSA) is 49.8 Å². The van der Waals surface area contributed by atoms with Crippen LogP contribution in [0.1, 0.15) is 5.56 Å². The Morgan fingerprint density at radius 3 is 2.52 bits per heavy atom. The van der Waals surface area contributed by atoms with E-state index in [-0.39, 0.29) is 0 Å². The zero-order valence-electron chi connectivity index (χ0n) is 16.4. The molecular weight excluding hydrogens is 362 g/mol. The number of rotatable bonds is 4. The van der Waals surface area contributed by atoms with E-state index in [1.165, 1.54) is 0 Å². The highest BCUT2D eigenvalue weighted by Gasteiger charge is 2.16. The van der Waals surface area contributed by atoms with Crippen LogP contribution in [0.2, 0.25) is 0 Å². The smallest absolute Gasteiger partial charge is 0.156 e. The predicted molar refractivity (Wildman–Crippen MR) is 115 cm³/mol. The molecule has 0 amide bonds. The van der Waals surface area contributed by atoms with Crippen LogP contribution in [0.25, 0.3) is 28.1 Å². The van der Waals surface area contributed by atoms with E-state index in [0.717, 1.165) is 59.9 Å². The van der Waals surface area contributed by atoms with Gasteiger partial charge in [-0.2, -0.15) is 10.2 Å². The molecule has 5 rings (SSSR count). The fraction of sp³-hybridized carbons (Fsp3) is 0.217. The SMILES string of the molecule is CN1CCN(/N=C\c2cn(-c3ccccc3)nc2-c2cc3ccccc3o2)CC1. The maximum Gasteiger partial charge on any atom is 0.156 e. The average Bonchev–Trinajstić information content (AvgIpc) is 3.38. The van der Waals surface area contributed by atoms with Crippen molar-refractivity contribution < 1.29 is 4.42 Å². The van der Waals surface area contributed by atoms with Crippen molar-refractivity contribution in [3.63, 3.8) is 0 Å². The van der Waals surface area contributed by atoms with Crippen molar-refractivity contribution in [3.05, 3.63) is 72.4 Å². The molecule has 0 spiro atoms. The van der Waals surface area contributed by atoms with Gasteiger partial charge in [-0.25, -0.2) is 4.68 Å². The molecular formula is C23H23N5O. The summed E-state index contributed by atoms with van der Waals surface area (Å²) < 4.78 is 7.97. The first-order valence-corrected chi connectivity index (χ1v) is 9.88. The fourth-order valence-electron chi connectivity index (χ4n) is 3.54. The van der Waals surface area contributed by atoms with Crippen molar-refractivity contribution in [2.45, 2.75) is 0 Å². The number of hydrogen-bond donors (Lipinski definition) is 0. The Morgan fingerprint density at radius 2 is 1.72 bits per heavy atom. The molecule has 0 saturated carbocycles. The molecule has 0 atom stereocenters. The molecule has 29 heavy (non-hydrogen) atoms. The summed E-state index contributed by atoms with van der Waals surface area (Å²) in [6, 6.07) is 20.2. The molecule has 6 nitrogen and oxygen atoms in total. The standard InChI is InChI=1S/C23H23N5O/c1-26-11-13-27(14-12-26)24-16-19-17-28(20-8-3-2-4-9-20)25-23(19)22-15-18-7-5-6-10-21(18)29-22/h2-10,15-17H,11-14H2,1H3/b24-16-. The monoisotopic (exact) mass is 385 g/mol. The van der Waals surface area contributed by atoms with Crippen LogP contribution in [0.3, 0.4) is 0 Å². The van der Waals surface area contributed by atoms with Crippen molar-refractivity contribution in [1.29, 1.82) is 0 Å². The van der Waals surface area contributed by atoms with E-state index in [1.807, 2.05) is 71.7 Å². The van der Waals surface area contributed by atoms with Crippen LogP contribution in [0, 0.1) is 0 Å². The number of fused-ring (bicyclic) bond motifs is 1. The molecule has 0 bridgehead atoms. The van der Waals surface area contributed by atoms with Gasteiger partial charge in [0.25, 0.3) is 0 Å². The predicted octanol–water partition coefficient (Wildman–Crippen LogP) is 3.87. The van der Waals surface area contributed by atoms with E-state index >= 15 is 0 Å². The molecule has 1 aliphatic rings.